The van der Waals surface area contributed by atoms with Gasteiger partial charge >= 0.3 is 0 Å². The lowest BCUT2D eigenvalue weighted by Gasteiger charge is -2.09. The van der Waals surface area contributed by atoms with E-state index in [9.17, 15) is 9.18 Å². The molecule has 4 heteroatoms. The molecule has 1 rings (SSSR count). The van der Waals surface area contributed by atoms with Crippen LogP contribution in [0.2, 0.25) is 0 Å². The fourth-order valence-electron chi connectivity index (χ4n) is 1.08. The van der Waals surface area contributed by atoms with E-state index in [4.69, 9.17) is 4.74 Å². The lowest BCUT2D eigenvalue weighted by atomic mass is 10.1. The molecule has 14 heavy (non-hydrogen) atoms. The molecule has 1 aromatic rings. The first-order valence-electron chi connectivity index (χ1n) is 4.19. The third kappa shape index (κ3) is 2.23. The van der Waals surface area contributed by atoms with Gasteiger partial charge in [0.15, 0.2) is 17.3 Å². The third-order valence-corrected chi connectivity index (χ3v) is 2.79. The van der Waals surface area contributed by atoms with Crippen molar-refractivity contribution in [2.75, 3.05) is 6.61 Å². The Hall–Kier alpha value is -0.650. The summed E-state index contributed by atoms with van der Waals surface area (Å²) in [4.78, 5) is 11.2. The second-order valence-electron chi connectivity index (χ2n) is 2.73. The van der Waals surface area contributed by atoms with E-state index >= 15 is 0 Å². The summed E-state index contributed by atoms with van der Waals surface area (Å²) >= 11 is 1.92. The SMILES string of the molecule is CCOc1c(F)ccc(C(C)=O)c1I. The number of ether oxygens (including phenoxy) is 1. The summed E-state index contributed by atoms with van der Waals surface area (Å²) in [5.74, 6) is -0.350. The van der Waals surface area contributed by atoms with E-state index < -0.39 is 5.82 Å². The maximum atomic E-state index is 13.2. The van der Waals surface area contributed by atoms with Crippen LogP contribution in [0.5, 0.6) is 5.75 Å². The fourth-order valence-corrected chi connectivity index (χ4v) is 2.05. The van der Waals surface area contributed by atoms with Crippen LogP contribution in [0.4, 0.5) is 4.39 Å². The van der Waals surface area contributed by atoms with Crippen LogP contribution in [0.1, 0.15) is 24.2 Å². The number of hydrogen-bond acceptors (Lipinski definition) is 2. The number of halogens is 2. The molecule has 0 N–H and O–H groups in total. The van der Waals surface area contributed by atoms with Gasteiger partial charge in [-0.3, -0.25) is 4.79 Å². The Morgan fingerprint density at radius 3 is 2.71 bits per heavy atom. The zero-order valence-electron chi connectivity index (χ0n) is 7.93. The van der Waals surface area contributed by atoms with Crippen molar-refractivity contribution in [2.24, 2.45) is 0 Å². The van der Waals surface area contributed by atoms with Gasteiger partial charge < -0.3 is 4.74 Å². The molecule has 0 atom stereocenters. The Bertz CT molecular complexity index is 363. The molecule has 1 aromatic carbocycles. The third-order valence-electron chi connectivity index (χ3n) is 1.72. The molecule has 0 unspecified atom stereocenters. The van der Waals surface area contributed by atoms with Gasteiger partial charge in [0, 0.05) is 5.56 Å². The highest BCUT2D eigenvalue weighted by atomic mass is 127. The molecule has 0 aliphatic heterocycles. The Balaban J connectivity index is 3.26. The maximum absolute atomic E-state index is 13.2. The van der Waals surface area contributed by atoms with Crippen molar-refractivity contribution in [1.82, 2.24) is 0 Å². The zero-order chi connectivity index (χ0) is 10.7. The van der Waals surface area contributed by atoms with Crippen LogP contribution in [0.25, 0.3) is 0 Å². The minimum absolute atomic E-state index is 0.0876. The summed E-state index contributed by atoms with van der Waals surface area (Å²) in [5.41, 5.74) is 0.496. The van der Waals surface area contributed by atoms with Gasteiger partial charge in [-0.05, 0) is 48.6 Å². The van der Waals surface area contributed by atoms with E-state index in [1.165, 1.54) is 19.1 Å². The summed E-state index contributed by atoms with van der Waals surface area (Å²) in [5, 5.41) is 0. The predicted octanol–water partition coefficient (Wildman–Crippen LogP) is 3.03. The van der Waals surface area contributed by atoms with E-state index in [1.807, 2.05) is 22.6 Å². The van der Waals surface area contributed by atoms with E-state index in [2.05, 4.69) is 0 Å². The summed E-state index contributed by atoms with van der Waals surface area (Å²) in [7, 11) is 0. The Kier molecular flexibility index (Phi) is 3.86. The van der Waals surface area contributed by atoms with Crippen LogP contribution in [-0.4, -0.2) is 12.4 Å². The summed E-state index contributed by atoms with van der Waals surface area (Å²) < 4.78 is 18.9. The number of benzene rings is 1. The molecule has 2 nitrogen and oxygen atoms in total. The van der Waals surface area contributed by atoms with Crippen LogP contribution in [0.3, 0.4) is 0 Å². The molecular weight excluding hydrogens is 298 g/mol. The number of rotatable bonds is 3. The maximum Gasteiger partial charge on any atom is 0.168 e. The highest BCUT2D eigenvalue weighted by Gasteiger charge is 2.14. The molecule has 0 aliphatic rings. The quantitative estimate of drug-likeness (QED) is 0.634. The first kappa shape index (κ1) is 11.4. The summed E-state index contributed by atoms with van der Waals surface area (Å²) in [6, 6.07) is 2.73. The molecule has 0 aromatic heterocycles. The molecule has 0 amide bonds. The average molecular weight is 308 g/mol. The van der Waals surface area contributed by atoms with Crippen LogP contribution in [-0.2, 0) is 0 Å². The van der Waals surface area contributed by atoms with Gasteiger partial charge in [0.25, 0.3) is 0 Å². The standard InChI is InChI=1S/C10H10FIO2/c1-3-14-10-8(11)5-4-7(6(2)13)9(10)12/h4-5H,3H2,1-2H3. The first-order valence-corrected chi connectivity index (χ1v) is 5.27. The Morgan fingerprint density at radius 1 is 1.57 bits per heavy atom. The number of carbonyl (C=O) groups excluding carboxylic acids is 1. The zero-order valence-corrected chi connectivity index (χ0v) is 10.1. The molecule has 0 heterocycles. The number of carbonyl (C=O) groups is 1. The topological polar surface area (TPSA) is 26.3 Å². The molecule has 0 fully saturated rings. The normalized spacial score (nSPS) is 10.0. The molecule has 0 radical (unpaired) electrons. The molecule has 0 saturated heterocycles. The van der Waals surface area contributed by atoms with Crippen molar-refractivity contribution in [3.05, 3.63) is 27.1 Å². The van der Waals surface area contributed by atoms with Crippen molar-refractivity contribution >= 4 is 28.4 Å². The fraction of sp³-hybridized carbons (Fsp3) is 0.300. The lowest BCUT2D eigenvalue weighted by Crippen LogP contribution is -2.03. The first-order chi connectivity index (χ1) is 6.57. The van der Waals surface area contributed by atoms with Gasteiger partial charge in [0.1, 0.15) is 0 Å². The minimum Gasteiger partial charge on any atom is -0.490 e. The summed E-state index contributed by atoms with van der Waals surface area (Å²) in [6.45, 7) is 3.61. The van der Waals surface area contributed by atoms with Gasteiger partial charge in [-0.2, -0.15) is 0 Å². The van der Waals surface area contributed by atoms with Crippen molar-refractivity contribution in [1.29, 1.82) is 0 Å². The molecule has 0 spiro atoms. The van der Waals surface area contributed by atoms with Crippen molar-refractivity contribution in [3.8, 4) is 5.75 Å². The molecule has 0 aliphatic carbocycles. The van der Waals surface area contributed by atoms with Crippen molar-refractivity contribution in [3.63, 3.8) is 0 Å². The summed E-state index contributed by atoms with van der Waals surface area (Å²) in [6.07, 6.45) is 0. The van der Waals surface area contributed by atoms with E-state index in [1.54, 1.807) is 6.92 Å². The van der Waals surface area contributed by atoms with Crippen molar-refractivity contribution < 1.29 is 13.9 Å². The van der Waals surface area contributed by atoms with E-state index in [0.29, 0.717) is 15.7 Å². The van der Waals surface area contributed by atoms with Gasteiger partial charge in [-0.25, -0.2) is 4.39 Å². The van der Waals surface area contributed by atoms with Gasteiger partial charge in [0.05, 0.1) is 10.2 Å². The van der Waals surface area contributed by atoms with Crippen molar-refractivity contribution in [2.45, 2.75) is 13.8 Å². The number of Topliss-reactive ketones (excluding diaryl/α,β-unsaturated/α-hetero) is 1. The number of hydrogen-bond donors (Lipinski definition) is 0. The van der Waals surface area contributed by atoms with Gasteiger partial charge in [0.2, 0.25) is 0 Å². The second kappa shape index (κ2) is 4.72. The largest absolute Gasteiger partial charge is 0.490 e. The highest BCUT2D eigenvalue weighted by molar-refractivity contribution is 14.1. The Labute approximate surface area is 95.6 Å². The second-order valence-corrected chi connectivity index (χ2v) is 3.81. The van der Waals surface area contributed by atoms with Crippen LogP contribution in [0.15, 0.2) is 12.1 Å². The van der Waals surface area contributed by atoms with Crippen LogP contribution in [0, 0.1) is 9.39 Å². The highest BCUT2D eigenvalue weighted by Crippen LogP contribution is 2.28. The number of ketones is 1. The van der Waals surface area contributed by atoms with E-state index in [0.717, 1.165) is 0 Å². The van der Waals surface area contributed by atoms with Gasteiger partial charge in [-0.1, -0.05) is 0 Å². The molecule has 0 bridgehead atoms. The monoisotopic (exact) mass is 308 g/mol. The minimum atomic E-state index is -0.429. The molecule has 76 valence electrons. The predicted molar refractivity (Wildman–Crippen MR) is 60.3 cm³/mol. The van der Waals surface area contributed by atoms with Crippen LogP contribution < -0.4 is 4.74 Å². The molecule has 0 saturated carbocycles. The smallest absolute Gasteiger partial charge is 0.168 e. The Morgan fingerprint density at radius 2 is 2.21 bits per heavy atom. The van der Waals surface area contributed by atoms with Gasteiger partial charge in [-0.15, -0.1) is 0 Å². The average Bonchev–Trinajstić information content (AvgIpc) is 2.11. The van der Waals surface area contributed by atoms with Crippen LogP contribution >= 0.6 is 22.6 Å². The molecular formula is C10H10FIO2. The lowest BCUT2D eigenvalue weighted by molar-refractivity contribution is 0.101. The van der Waals surface area contributed by atoms with E-state index in [-0.39, 0.29) is 11.5 Å².